The van der Waals surface area contributed by atoms with Crippen LogP contribution in [-0.2, 0) is 9.59 Å². The first-order valence-electron chi connectivity index (χ1n) is 5.79. The van der Waals surface area contributed by atoms with Gasteiger partial charge in [0.15, 0.2) is 0 Å². The van der Waals surface area contributed by atoms with E-state index >= 15 is 0 Å². The molecule has 0 aliphatic rings. The molecule has 98 valence electrons. The van der Waals surface area contributed by atoms with Crippen LogP contribution in [0, 0.1) is 5.82 Å². The number of carboxylic acids is 1. The molecular weight excluding hydrogens is 237 g/mol. The molecule has 1 rings (SSSR count). The number of halogens is 1. The zero-order valence-electron chi connectivity index (χ0n) is 10.1. The lowest BCUT2D eigenvalue weighted by atomic mass is 9.93. The molecule has 0 saturated carbocycles. The molecular formula is C13H16FNO3. The summed E-state index contributed by atoms with van der Waals surface area (Å²) in [6, 6.07) is 5.55. The first-order chi connectivity index (χ1) is 8.54. The van der Waals surface area contributed by atoms with Gasteiger partial charge in [0.1, 0.15) is 5.82 Å². The van der Waals surface area contributed by atoms with Gasteiger partial charge in [-0.3, -0.25) is 9.59 Å². The van der Waals surface area contributed by atoms with Crippen LogP contribution in [0.15, 0.2) is 24.3 Å². The van der Waals surface area contributed by atoms with E-state index in [4.69, 9.17) is 5.11 Å². The Kier molecular flexibility index (Phi) is 5.30. The van der Waals surface area contributed by atoms with Crippen molar-refractivity contribution in [3.8, 4) is 0 Å². The van der Waals surface area contributed by atoms with Gasteiger partial charge in [0.2, 0.25) is 5.91 Å². The molecule has 0 aliphatic heterocycles. The number of amides is 1. The summed E-state index contributed by atoms with van der Waals surface area (Å²) < 4.78 is 12.8. The number of aliphatic carboxylic acids is 1. The Morgan fingerprint density at radius 2 is 1.94 bits per heavy atom. The molecule has 0 bridgehead atoms. The number of hydrogen-bond donors (Lipinski definition) is 2. The lowest BCUT2D eigenvalue weighted by Crippen LogP contribution is -2.29. The van der Waals surface area contributed by atoms with Gasteiger partial charge >= 0.3 is 5.97 Å². The average molecular weight is 253 g/mol. The van der Waals surface area contributed by atoms with Crippen molar-refractivity contribution in [1.29, 1.82) is 0 Å². The first kappa shape index (κ1) is 14.2. The van der Waals surface area contributed by atoms with Crippen molar-refractivity contribution >= 4 is 11.9 Å². The predicted octanol–water partition coefficient (Wildman–Crippen LogP) is 1.91. The smallest absolute Gasteiger partial charge is 0.303 e. The SMILES string of the molecule is CCNC(=O)C(CCC(=O)O)c1ccc(F)cc1. The van der Waals surface area contributed by atoms with Crippen LogP contribution in [0.4, 0.5) is 4.39 Å². The minimum absolute atomic E-state index is 0.0980. The second kappa shape index (κ2) is 6.74. The minimum Gasteiger partial charge on any atom is -0.481 e. The number of hydrogen-bond acceptors (Lipinski definition) is 2. The molecule has 0 aliphatic carbocycles. The van der Waals surface area contributed by atoms with Gasteiger partial charge in [-0.1, -0.05) is 12.1 Å². The van der Waals surface area contributed by atoms with Crippen molar-refractivity contribution in [2.45, 2.75) is 25.7 Å². The molecule has 18 heavy (non-hydrogen) atoms. The normalized spacial score (nSPS) is 11.9. The molecule has 0 radical (unpaired) electrons. The summed E-state index contributed by atoms with van der Waals surface area (Å²) in [5.41, 5.74) is 0.628. The van der Waals surface area contributed by atoms with E-state index in [9.17, 15) is 14.0 Å². The monoisotopic (exact) mass is 253 g/mol. The van der Waals surface area contributed by atoms with Crippen molar-refractivity contribution in [3.05, 3.63) is 35.6 Å². The number of benzene rings is 1. The summed E-state index contributed by atoms with van der Waals surface area (Å²) in [7, 11) is 0. The maximum Gasteiger partial charge on any atom is 0.303 e. The molecule has 4 nitrogen and oxygen atoms in total. The summed E-state index contributed by atoms with van der Waals surface area (Å²) >= 11 is 0. The maximum absolute atomic E-state index is 12.8. The largest absolute Gasteiger partial charge is 0.481 e. The van der Waals surface area contributed by atoms with Crippen LogP contribution in [0.3, 0.4) is 0 Å². The molecule has 1 aromatic rings. The summed E-state index contributed by atoms with van der Waals surface area (Å²) in [5, 5.41) is 11.3. The van der Waals surface area contributed by atoms with Gasteiger partial charge in [0, 0.05) is 13.0 Å². The van der Waals surface area contributed by atoms with Gasteiger partial charge < -0.3 is 10.4 Å². The molecule has 0 heterocycles. The molecule has 1 aromatic carbocycles. The van der Waals surface area contributed by atoms with Gasteiger partial charge in [-0.2, -0.15) is 0 Å². The number of rotatable bonds is 6. The van der Waals surface area contributed by atoms with E-state index in [2.05, 4.69) is 5.32 Å². The molecule has 0 spiro atoms. The number of carbonyl (C=O) groups excluding carboxylic acids is 1. The van der Waals surface area contributed by atoms with E-state index in [1.165, 1.54) is 24.3 Å². The van der Waals surface area contributed by atoms with Crippen molar-refractivity contribution in [1.82, 2.24) is 5.32 Å². The highest BCUT2D eigenvalue weighted by Gasteiger charge is 2.20. The summed E-state index contributed by atoms with van der Waals surface area (Å²) in [6.07, 6.45) is 0.103. The lowest BCUT2D eigenvalue weighted by molar-refractivity contribution is -0.137. The Bertz CT molecular complexity index is 417. The summed E-state index contributed by atoms with van der Waals surface area (Å²) in [6.45, 7) is 2.26. The van der Waals surface area contributed by atoms with Crippen LogP contribution in [0.25, 0.3) is 0 Å². The fourth-order valence-corrected chi connectivity index (χ4v) is 1.71. The van der Waals surface area contributed by atoms with Crippen molar-refractivity contribution in [3.63, 3.8) is 0 Å². The molecule has 1 amide bonds. The van der Waals surface area contributed by atoms with E-state index in [1.54, 1.807) is 6.92 Å². The third kappa shape index (κ3) is 4.16. The molecule has 1 atom stereocenters. The molecule has 2 N–H and O–H groups in total. The Morgan fingerprint density at radius 1 is 1.33 bits per heavy atom. The van der Waals surface area contributed by atoms with Gasteiger partial charge in [-0.15, -0.1) is 0 Å². The fraction of sp³-hybridized carbons (Fsp3) is 0.385. The van der Waals surface area contributed by atoms with Gasteiger partial charge in [-0.05, 0) is 31.0 Å². The highest BCUT2D eigenvalue weighted by molar-refractivity contribution is 5.84. The van der Waals surface area contributed by atoms with Crippen molar-refractivity contribution in [2.75, 3.05) is 6.54 Å². The van der Waals surface area contributed by atoms with Crippen LogP contribution >= 0.6 is 0 Å². The number of likely N-dealkylation sites (N-methyl/N-ethyl adjacent to an activating group) is 1. The zero-order valence-corrected chi connectivity index (χ0v) is 10.1. The Balaban J connectivity index is 2.85. The van der Waals surface area contributed by atoms with Gasteiger partial charge in [0.25, 0.3) is 0 Å². The first-order valence-corrected chi connectivity index (χ1v) is 5.79. The molecule has 0 saturated heterocycles. The van der Waals surface area contributed by atoms with Crippen LogP contribution in [-0.4, -0.2) is 23.5 Å². The number of carbonyl (C=O) groups is 2. The highest BCUT2D eigenvalue weighted by Crippen LogP contribution is 2.22. The van der Waals surface area contributed by atoms with Crippen LogP contribution in [0.1, 0.15) is 31.2 Å². The molecule has 5 heteroatoms. The zero-order chi connectivity index (χ0) is 13.5. The Labute approximate surface area is 105 Å². The summed E-state index contributed by atoms with van der Waals surface area (Å²) in [5.74, 6) is -2.12. The van der Waals surface area contributed by atoms with E-state index in [0.717, 1.165) is 0 Å². The fourth-order valence-electron chi connectivity index (χ4n) is 1.71. The minimum atomic E-state index is -0.952. The van der Waals surface area contributed by atoms with Gasteiger partial charge in [-0.25, -0.2) is 4.39 Å². The maximum atomic E-state index is 12.8. The molecule has 1 unspecified atom stereocenters. The van der Waals surface area contributed by atoms with Gasteiger partial charge in [0.05, 0.1) is 5.92 Å². The van der Waals surface area contributed by atoms with Crippen LogP contribution in [0.5, 0.6) is 0 Å². The van der Waals surface area contributed by atoms with E-state index in [1.807, 2.05) is 0 Å². The standard InChI is InChI=1S/C13H16FNO3/c1-2-15-13(18)11(7-8-12(16)17)9-3-5-10(14)6-4-9/h3-6,11H,2,7-8H2,1H3,(H,15,18)(H,16,17). The molecule has 0 fully saturated rings. The highest BCUT2D eigenvalue weighted by atomic mass is 19.1. The lowest BCUT2D eigenvalue weighted by Gasteiger charge is -2.15. The number of nitrogens with one attached hydrogen (secondary N) is 1. The second-order valence-electron chi connectivity index (χ2n) is 3.93. The Morgan fingerprint density at radius 3 is 2.44 bits per heavy atom. The average Bonchev–Trinajstić information content (AvgIpc) is 2.31. The van der Waals surface area contributed by atoms with Crippen molar-refractivity contribution < 1.29 is 19.1 Å². The third-order valence-electron chi connectivity index (χ3n) is 2.59. The Hall–Kier alpha value is -1.91. The number of carboxylic acid groups (broad SMARTS) is 1. The topological polar surface area (TPSA) is 66.4 Å². The van der Waals surface area contributed by atoms with Crippen LogP contribution < -0.4 is 5.32 Å². The van der Waals surface area contributed by atoms with E-state index in [0.29, 0.717) is 12.1 Å². The quantitative estimate of drug-likeness (QED) is 0.813. The van der Waals surface area contributed by atoms with Crippen LogP contribution in [0.2, 0.25) is 0 Å². The second-order valence-corrected chi connectivity index (χ2v) is 3.93. The predicted molar refractivity (Wildman–Crippen MR) is 64.7 cm³/mol. The molecule has 0 aromatic heterocycles. The summed E-state index contributed by atoms with van der Waals surface area (Å²) in [4.78, 5) is 22.4. The van der Waals surface area contributed by atoms with Crippen molar-refractivity contribution in [2.24, 2.45) is 0 Å². The third-order valence-corrected chi connectivity index (χ3v) is 2.59. The van der Waals surface area contributed by atoms with E-state index < -0.39 is 11.9 Å². The van der Waals surface area contributed by atoms with E-state index in [-0.39, 0.29) is 24.6 Å².